The number of para-hydroxylation sites is 1. The summed E-state index contributed by atoms with van der Waals surface area (Å²) < 4.78 is 0. The van der Waals surface area contributed by atoms with Gasteiger partial charge in [-0.05, 0) is 6.07 Å². The summed E-state index contributed by atoms with van der Waals surface area (Å²) in [6, 6.07) is 6.66. The van der Waals surface area contributed by atoms with Crippen molar-refractivity contribution in [2.75, 3.05) is 18.5 Å². The molecule has 0 radical (unpaired) electrons. The van der Waals surface area contributed by atoms with Crippen molar-refractivity contribution in [3.8, 4) is 0 Å². The van der Waals surface area contributed by atoms with Crippen molar-refractivity contribution in [3.63, 3.8) is 0 Å². The fourth-order valence-corrected chi connectivity index (χ4v) is 1.85. The first-order valence-electron chi connectivity index (χ1n) is 6.31. The zero-order valence-corrected chi connectivity index (χ0v) is 11.5. The number of hydrogen-bond acceptors (Lipinski definition) is 5. The van der Waals surface area contributed by atoms with Crippen molar-refractivity contribution in [2.24, 2.45) is 5.41 Å². The van der Waals surface area contributed by atoms with E-state index < -0.39 is 4.92 Å². The van der Waals surface area contributed by atoms with Crippen LogP contribution in [-0.2, 0) is 0 Å². The SMILES string of the molecule is CC(C)(CO)CNc1ccnc2c([N+](=O)[O-])cccc12. The molecule has 6 heteroatoms. The van der Waals surface area contributed by atoms with Crippen LogP contribution >= 0.6 is 0 Å². The molecule has 0 aliphatic carbocycles. The summed E-state index contributed by atoms with van der Waals surface area (Å²) in [4.78, 5) is 14.7. The van der Waals surface area contributed by atoms with Gasteiger partial charge >= 0.3 is 0 Å². The van der Waals surface area contributed by atoms with E-state index in [1.165, 1.54) is 6.07 Å². The van der Waals surface area contributed by atoms with Crippen LogP contribution in [0.3, 0.4) is 0 Å². The van der Waals surface area contributed by atoms with Gasteiger partial charge in [-0.25, -0.2) is 4.98 Å². The first-order valence-corrected chi connectivity index (χ1v) is 6.31. The number of aromatic nitrogens is 1. The molecule has 0 amide bonds. The number of aliphatic hydroxyl groups is 1. The van der Waals surface area contributed by atoms with Crippen molar-refractivity contribution >= 4 is 22.3 Å². The number of benzene rings is 1. The Hall–Kier alpha value is -2.21. The molecule has 20 heavy (non-hydrogen) atoms. The molecule has 0 fully saturated rings. The number of pyridine rings is 1. The highest BCUT2D eigenvalue weighted by atomic mass is 16.6. The highest BCUT2D eigenvalue weighted by molar-refractivity contribution is 5.96. The van der Waals surface area contributed by atoms with Crippen LogP contribution in [0, 0.1) is 15.5 Å². The fourth-order valence-electron chi connectivity index (χ4n) is 1.85. The molecule has 0 spiro atoms. The number of rotatable bonds is 5. The standard InChI is InChI=1S/C14H17N3O3/c1-14(2,9-18)8-16-11-6-7-15-13-10(11)4-3-5-12(13)17(19)20/h3-7,18H,8-9H2,1-2H3,(H,15,16). The predicted molar refractivity (Wildman–Crippen MR) is 77.8 cm³/mol. The molecule has 1 aromatic heterocycles. The molecule has 0 aliphatic rings. The van der Waals surface area contributed by atoms with E-state index in [0.29, 0.717) is 17.4 Å². The Morgan fingerprint density at radius 2 is 2.15 bits per heavy atom. The van der Waals surface area contributed by atoms with Crippen molar-refractivity contribution < 1.29 is 10.0 Å². The third kappa shape index (κ3) is 2.85. The average Bonchev–Trinajstić information content (AvgIpc) is 2.44. The third-order valence-corrected chi connectivity index (χ3v) is 3.13. The van der Waals surface area contributed by atoms with E-state index in [1.807, 2.05) is 13.8 Å². The molecule has 0 unspecified atom stereocenters. The number of anilines is 1. The fraction of sp³-hybridized carbons (Fsp3) is 0.357. The van der Waals surface area contributed by atoms with Gasteiger partial charge in [0.1, 0.15) is 5.52 Å². The second-order valence-electron chi connectivity index (χ2n) is 5.46. The zero-order valence-electron chi connectivity index (χ0n) is 11.5. The Morgan fingerprint density at radius 1 is 1.40 bits per heavy atom. The van der Waals surface area contributed by atoms with Crippen LogP contribution in [0.5, 0.6) is 0 Å². The van der Waals surface area contributed by atoms with Gasteiger partial charge in [0, 0.05) is 41.9 Å². The molecule has 2 N–H and O–H groups in total. The van der Waals surface area contributed by atoms with Gasteiger partial charge in [0.2, 0.25) is 0 Å². The second kappa shape index (κ2) is 5.42. The maximum Gasteiger partial charge on any atom is 0.295 e. The van der Waals surface area contributed by atoms with E-state index in [1.54, 1.807) is 24.4 Å². The Morgan fingerprint density at radius 3 is 2.80 bits per heavy atom. The minimum absolute atomic E-state index is 0.00688. The lowest BCUT2D eigenvalue weighted by atomic mass is 9.95. The quantitative estimate of drug-likeness (QED) is 0.646. The molecule has 0 saturated carbocycles. The molecular weight excluding hydrogens is 258 g/mol. The lowest BCUT2D eigenvalue weighted by Crippen LogP contribution is -2.26. The van der Waals surface area contributed by atoms with E-state index in [0.717, 1.165) is 5.69 Å². The predicted octanol–water partition coefficient (Wildman–Crippen LogP) is 2.57. The number of nitro groups is 1. The lowest BCUT2D eigenvalue weighted by Gasteiger charge is -2.23. The molecule has 1 aromatic carbocycles. The van der Waals surface area contributed by atoms with Crippen molar-refractivity contribution in [1.82, 2.24) is 4.98 Å². The number of fused-ring (bicyclic) bond motifs is 1. The van der Waals surface area contributed by atoms with Crippen LogP contribution in [0.15, 0.2) is 30.5 Å². The Balaban J connectivity index is 2.40. The maximum atomic E-state index is 11.0. The maximum absolute atomic E-state index is 11.0. The Labute approximate surface area is 116 Å². The summed E-state index contributed by atoms with van der Waals surface area (Å²) in [5.74, 6) is 0. The largest absolute Gasteiger partial charge is 0.396 e. The molecule has 2 aromatic rings. The summed E-state index contributed by atoms with van der Waals surface area (Å²) in [5, 5.41) is 24.2. The molecule has 0 aliphatic heterocycles. The van der Waals surface area contributed by atoms with Gasteiger partial charge in [-0.15, -0.1) is 0 Å². The molecular formula is C14H17N3O3. The first kappa shape index (κ1) is 14.2. The number of non-ortho nitro benzene ring substituents is 1. The van der Waals surface area contributed by atoms with Crippen LogP contribution in [-0.4, -0.2) is 28.2 Å². The lowest BCUT2D eigenvalue weighted by molar-refractivity contribution is -0.383. The summed E-state index contributed by atoms with van der Waals surface area (Å²) in [7, 11) is 0. The van der Waals surface area contributed by atoms with E-state index in [4.69, 9.17) is 0 Å². The number of nitrogens with zero attached hydrogens (tertiary/aromatic N) is 2. The molecule has 0 atom stereocenters. The Bertz CT molecular complexity index is 641. The van der Waals surface area contributed by atoms with E-state index >= 15 is 0 Å². The minimum atomic E-state index is -0.434. The smallest absolute Gasteiger partial charge is 0.295 e. The average molecular weight is 275 g/mol. The minimum Gasteiger partial charge on any atom is -0.396 e. The second-order valence-corrected chi connectivity index (χ2v) is 5.46. The van der Waals surface area contributed by atoms with Gasteiger partial charge in [0.15, 0.2) is 0 Å². The molecule has 1 heterocycles. The summed E-state index contributed by atoms with van der Waals surface area (Å²) >= 11 is 0. The van der Waals surface area contributed by atoms with Crippen LogP contribution in [0.1, 0.15) is 13.8 Å². The van der Waals surface area contributed by atoms with Gasteiger partial charge in [0.25, 0.3) is 5.69 Å². The number of aliphatic hydroxyl groups excluding tert-OH is 1. The monoisotopic (exact) mass is 275 g/mol. The summed E-state index contributed by atoms with van der Waals surface area (Å²) in [6.07, 6.45) is 1.55. The van der Waals surface area contributed by atoms with E-state index in [9.17, 15) is 15.2 Å². The van der Waals surface area contributed by atoms with Gasteiger partial charge in [-0.1, -0.05) is 26.0 Å². The first-order chi connectivity index (χ1) is 9.44. The Kier molecular flexibility index (Phi) is 3.85. The highest BCUT2D eigenvalue weighted by Gasteiger charge is 2.18. The van der Waals surface area contributed by atoms with Crippen LogP contribution in [0.2, 0.25) is 0 Å². The zero-order chi connectivity index (χ0) is 14.8. The molecule has 0 bridgehead atoms. The van der Waals surface area contributed by atoms with Crippen molar-refractivity contribution in [3.05, 3.63) is 40.6 Å². The molecule has 106 valence electrons. The van der Waals surface area contributed by atoms with Crippen LogP contribution in [0.4, 0.5) is 11.4 Å². The number of hydrogen-bond donors (Lipinski definition) is 2. The third-order valence-electron chi connectivity index (χ3n) is 3.13. The summed E-state index contributed by atoms with van der Waals surface area (Å²) in [5.41, 5.74) is 0.869. The number of nitrogens with one attached hydrogen (secondary N) is 1. The van der Waals surface area contributed by atoms with E-state index in [2.05, 4.69) is 10.3 Å². The summed E-state index contributed by atoms with van der Waals surface area (Å²) in [6.45, 7) is 4.49. The van der Waals surface area contributed by atoms with Crippen LogP contribution in [0.25, 0.3) is 10.9 Å². The molecule has 2 rings (SSSR count). The van der Waals surface area contributed by atoms with Gasteiger partial charge < -0.3 is 10.4 Å². The van der Waals surface area contributed by atoms with Crippen LogP contribution < -0.4 is 5.32 Å². The van der Waals surface area contributed by atoms with Crippen molar-refractivity contribution in [1.29, 1.82) is 0 Å². The molecule has 6 nitrogen and oxygen atoms in total. The van der Waals surface area contributed by atoms with Gasteiger partial charge in [0.05, 0.1) is 4.92 Å². The van der Waals surface area contributed by atoms with Gasteiger partial charge in [-0.2, -0.15) is 0 Å². The topological polar surface area (TPSA) is 88.3 Å². The van der Waals surface area contributed by atoms with Crippen molar-refractivity contribution in [2.45, 2.75) is 13.8 Å². The molecule has 0 saturated heterocycles. The van der Waals surface area contributed by atoms with Gasteiger partial charge in [-0.3, -0.25) is 10.1 Å². The highest BCUT2D eigenvalue weighted by Crippen LogP contribution is 2.29. The normalized spacial score (nSPS) is 11.6. The number of nitro benzene ring substituents is 1. The van der Waals surface area contributed by atoms with E-state index in [-0.39, 0.29) is 17.7 Å².